The molecule has 1 aliphatic rings. The zero-order chi connectivity index (χ0) is 16.1. The Morgan fingerprint density at radius 1 is 1.18 bits per heavy atom. The predicted molar refractivity (Wildman–Crippen MR) is 73.5 cm³/mol. The Labute approximate surface area is 126 Å². The van der Waals surface area contributed by atoms with Crippen LogP contribution >= 0.6 is 0 Å². The quantitative estimate of drug-likeness (QED) is 0.468. The van der Waals surface area contributed by atoms with Crippen molar-refractivity contribution < 1.29 is 34.7 Å². The largest absolute Gasteiger partial charge is 0.445 e. The Morgan fingerprint density at radius 3 is 2.50 bits per heavy atom. The van der Waals surface area contributed by atoms with Gasteiger partial charge in [-0.3, -0.25) is 0 Å². The Morgan fingerprint density at radius 2 is 1.86 bits per heavy atom. The van der Waals surface area contributed by atoms with Crippen molar-refractivity contribution in [1.29, 1.82) is 0 Å². The predicted octanol–water partition coefficient (Wildman–Crippen LogP) is -1.29. The van der Waals surface area contributed by atoms with Crippen molar-refractivity contribution in [3.8, 4) is 0 Å². The molecule has 22 heavy (non-hydrogen) atoms. The molecule has 1 aliphatic heterocycles. The van der Waals surface area contributed by atoms with Gasteiger partial charge in [-0.15, -0.1) is 0 Å². The number of carbonyl (C=O) groups is 1. The molecule has 8 heteroatoms. The summed E-state index contributed by atoms with van der Waals surface area (Å²) in [4.78, 5) is 11.7. The number of aliphatic hydroxyl groups excluding tert-OH is 4. The molecule has 0 radical (unpaired) electrons. The fraction of sp³-hybridized carbons (Fsp3) is 0.500. The lowest BCUT2D eigenvalue weighted by atomic mass is 9.97. The number of rotatable bonds is 4. The molecule has 8 nitrogen and oxygen atoms in total. The van der Waals surface area contributed by atoms with Gasteiger partial charge >= 0.3 is 6.09 Å². The van der Waals surface area contributed by atoms with Crippen LogP contribution in [0.25, 0.3) is 0 Å². The molecule has 0 aliphatic carbocycles. The molecule has 1 aromatic rings. The van der Waals surface area contributed by atoms with E-state index in [4.69, 9.17) is 14.6 Å². The minimum atomic E-state index is -1.57. The highest BCUT2D eigenvalue weighted by Crippen LogP contribution is 2.19. The van der Waals surface area contributed by atoms with Crippen LogP contribution in [0.4, 0.5) is 4.79 Å². The van der Waals surface area contributed by atoms with Crippen LogP contribution in [0, 0.1) is 0 Å². The van der Waals surface area contributed by atoms with Crippen LogP contribution in [-0.4, -0.2) is 63.8 Å². The first-order chi connectivity index (χ1) is 10.5. The number of hydrogen-bond acceptors (Lipinski definition) is 7. The van der Waals surface area contributed by atoms with Gasteiger partial charge < -0.3 is 35.2 Å². The van der Waals surface area contributed by atoms with E-state index in [1.54, 1.807) is 24.3 Å². The number of nitrogens with one attached hydrogen (secondary N) is 1. The minimum absolute atomic E-state index is 0.0221. The van der Waals surface area contributed by atoms with Gasteiger partial charge in [-0.05, 0) is 5.56 Å². The molecule has 1 saturated heterocycles. The highest BCUT2D eigenvalue weighted by molar-refractivity contribution is 5.67. The van der Waals surface area contributed by atoms with E-state index in [1.807, 2.05) is 6.07 Å². The van der Waals surface area contributed by atoms with E-state index < -0.39 is 43.3 Å². The fourth-order valence-corrected chi connectivity index (χ4v) is 2.15. The molecule has 1 amide bonds. The van der Waals surface area contributed by atoms with Gasteiger partial charge in [-0.1, -0.05) is 30.3 Å². The van der Waals surface area contributed by atoms with Crippen molar-refractivity contribution in [2.45, 2.75) is 37.3 Å². The van der Waals surface area contributed by atoms with Gasteiger partial charge in [0, 0.05) is 0 Å². The number of aliphatic hydroxyl groups is 4. The standard InChI is InChI=1S/C14H19NO7/c16-6-9-11(17)12(18)10(13(19)22-9)15-14(20)21-7-8-4-2-1-3-5-8/h1-5,9-13,16-19H,6-7H2,(H,15,20)/t9-,10-,11-,12-,13?/m1/s1. The molecule has 122 valence electrons. The van der Waals surface area contributed by atoms with E-state index in [-0.39, 0.29) is 6.61 Å². The van der Waals surface area contributed by atoms with Crippen molar-refractivity contribution in [2.24, 2.45) is 0 Å². The number of hydrogen-bond donors (Lipinski definition) is 5. The van der Waals surface area contributed by atoms with E-state index in [9.17, 15) is 20.1 Å². The van der Waals surface area contributed by atoms with Gasteiger partial charge in [-0.2, -0.15) is 0 Å². The van der Waals surface area contributed by atoms with Crippen molar-refractivity contribution in [3.63, 3.8) is 0 Å². The Hall–Kier alpha value is -1.71. The summed E-state index contributed by atoms with van der Waals surface area (Å²) >= 11 is 0. The summed E-state index contributed by atoms with van der Waals surface area (Å²) in [7, 11) is 0. The normalized spacial score (nSPS) is 31.5. The number of benzene rings is 1. The first-order valence-electron chi connectivity index (χ1n) is 6.80. The van der Waals surface area contributed by atoms with E-state index >= 15 is 0 Å². The lowest BCUT2D eigenvalue weighted by Gasteiger charge is -2.39. The highest BCUT2D eigenvalue weighted by atomic mass is 16.6. The summed E-state index contributed by atoms with van der Waals surface area (Å²) in [6.45, 7) is -0.547. The summed E-state index contributed by atoms with van der Waals surface area (Å²) < 4.78 is 9.88. The van der Waals surface area contributed by atoms with E-state index in [1.165, 1.54) is 0 Å². The monoisotopic (exact) mass is 313 g/mol. The molecule has 1 fully saturated rings. The first kappa shape index (κ1) is 16.7. The maximum atomic E-state index is 11.7. The molecule has 5 atom stereocenters. The Balaban J connectivity index is 1.87. The topological polar surface area (TPSA) is 128 Å². The first-order valence-corrected chi connectivity index (χ1v) is 6.80. The van der Waals surface area contributed by atoms with Gasteiger partial charge in [0.05, 0.1) is 6.61 Å². The van der Waals surface area contributed by atoms with Gasteiger partial charge in [0.25, 0.3) is 0 Å². The van der Waals surface area contributed by atoms with Gasteiger partial charge in [0.15, 0.2) is 6.29 Å². The zero-order valence-electron chi connectivity index (χ0n) is 11.7. The van der Waals surface area contributed by atoms with E-state index in [2.05, 4.69) is 5.32 Å². The maximum absolute atomic E-state index is 11.7. The molecule has 0 saturated carbocycles. The van der Waals surface area contributed by atoms with Gasteiger partial charge in [0.2, 0.25) is 0 Å². The SMILES string of the molecule is O=C(N[C@H]1C(O)O[C@H](CO)[C@@H](O)[C@@H]1O)OCc1ccccc1. The van der Waals surface area contributed by atoms with Crippen LogP contribution in [0.1, 0.15) is 5.56 Å². The summed E-state index contributed by atoms with van der Waals surface area (Å²) in [6.07, 6.45) is -6.49. The number of alkyl carbamates (subject to hydrolysis) is 1. The van der Waals surface area contributed by atoms with E-state index in [0.717, 1.165) is 5.56 Å². The second-order valence-electron chi connectivity index (χ2n) is 4.96. The number of carbonyl (C=O) groups excluding carboxylic acids is 1. The van der Waals surface area contributed by atoms with Crippen LogP contribution in [0.3, 0.4) is 0 Å². The number of ether oxygens (including phenoxy) is 2. The highest BCUT2D eigenvalue weighted by Gasteiger charge is 2.44. The third kappa shape index (κ3) is 3.93. The van der Waals surface area contributed by atoms with Crippen LogP contribution < -0.4 is 5.32 Å². The Bertz CT molecular complexity index is 483. The van der Waals surface area contributed by atoms with Gasteiger partial charge in [-0.25, -0.2) is 4.79 Å². The summed E-state index contributed by atoms with van der Waals surface area (Å²) in [5.74, 6) is 0. The molecule has 1 heterocycles. The lowest BCUT2D eigenvalue weighted by Crippen LogP contribution is -2.64. The molecule has 1 unspecified atom stereocenters. The fourth-order valence-electron chi connectivity index (χ4n) is 2.15. The average molecular weight is 313 g/mol. The van der Waals surface area contributed by atoms with Crippen LogP contribution in [0.5, 0.6) is 0 Å². The van der Waals surface area contributed by atoms with Crippen molar-refractivity contribution >= 4 is 6.09 Å². The Kier molecular flexibility index (Phi) is 5.69. The van der Waals surface area contributed by atoms with Crippen LogP contribution in [-0.2, 0) is 16.1 Å². The van der Waals surface area contributed by atoms with Crippen molar-refractivity contribution in [2.75, 3.05) is 6.61 Å². The van der Waals surface area contributed by atoms with Gasteiger partial charge in [0.1, 0.15) is 31.0 Å². The second kappa shape index (κ2) is 7.52. The maximum Gasteiger partial charge on any atom is 0.407 e. The molecule has 5 N–H and O–H groups in total. The van der Waals surface area contributed by atoms with Crippen LogP contribution in [0.2, 0.25) is 0 Å². The molecular weight excluding hydrogens is 294 g/mol. The third-order valence-electron chi connectivity index (χ3n) is 3.40. The van der Waals surface area contributed by atoms with Crippen LogP contribution in [0.15, 0.2) is 30.3 Å². The summed E-state index contributed by atoms with van der Waals surface area (Å²) in [5.41, 5.74) is 0.777. The second-order valence-corrected chi connectivity index (χ2v) is 4.96. The third-order valence-corrected chi connectivity index (χ3v) is 3.40. The summed E-state index contributed by atoms with van der Waals surface area (Å²) in [6, 6.07) is 7.71. The molecule has 0 aromatic heterocycles. The minimum Gasteiger partial charge on any atom is -0.445 e. The number of amides is 1. The summed E-state index contributed by atoms with van der Waals surface area (Å²) in [5, 5.41) is 40.5. The molecule has 1 aromatic carbocycles. The van der Waals surface area contributed by atoms with Crippen molar-refractivity contribution in [1.82, 2.24) is 5.32 Å². The lowest BCUT2D eigenvalue weighted by molar-refractivity contribution is -0.253. The molecular formula is C14H19NO7. The van der Waals surface area contributed by atoms with Crippen molar-refractivity contribution in [3.05, 3.63) is 35.9 Å². The smallest absolute Gasteiger partial charge is 0.407 e. The molecule has 0 bridgehead atoms. The zero-order valence-corrected chi connectivity index (χ0v) is 11.7. The average Bonchev–Trinajstić information content (AvgIpc) is 2.54. The molecule has 0 spiro atoms. The van der Waals surface area contributed by atoms with E-state index in [0.29, 0.717) is 0 Å². The molecule has 2 rings (SSSR count).